The van der Waals surface area contributed by atoms with E-state index < -0.39 is 12.1 Å². The number of benzene rings is 3. The van der Waals surface area contributed by atoms with Crippen molar-refractivity contribution in [3.63, 3.8) is 0 Å². The number of rotatable bonds is 10. The number of carboxylic acids is 1. The molecule has 0 heterocycles. The minimum Gasteiger partial charge on any atom is -0.490 e. The second kappa shape index (κ2) is 12.7. The molecule has 0 unspecified atom stereocenters. The van der Waals surface area contributed by atoms with Crippen molar-refractivity contribution >= 4 is 18.4 Å². The molecule has 186 valence electrons. The summed E-state index contributed by atoms with van der Waals surface area (Å²) in [6.45, 7) is 2.62. The number of carboxylic acid groups (broad SMARTS) is 1. The van der Waals surface area contributed by atoms with Gasteiger partial charge in [-0.15, -0.1) is 12.4 Å². The third-order valence-corrected chi connectivity index (χ3v) is 6.48. The molecule has 6 heteroatoms. The van der Waals surface area contributed by atoms with Gasteiger partial charge in [-0.1, -0.05) is 60.7 Å². The number of nitrogens with one attached hydrogen (secondary N) is 1. The van der Waals surface area contributed by atoms with E-state index in [0.29, 0.717) is 12.3 Å². The molecule has 1 saturated carbocycles. The predicted molar refractivity (Wildman–Crippen MR) is 142 cm³/mol. The molecule has 2 atom stereocenters. The molecule has 4 rings (SSSR count). The van der Waals surface area contributed by atoms with E-state index in [9.17, 15) is 15.0 Å². The summed E-state index contributed by atoms with van der Waals surface area (Å²) in [5, 5.41) is 23.3. The van der Waals surface area contributed by atoms with Gasteiger partial charge in [0.05, 0.1) is 12.2 Å². The topological polar surface area (TPSA) is 78.8 Å². The Balaban J connectivity index is 0.00000342. The van der Waals surface area contributed by atoms with Crippen LogP contribution in [0.2, 0.25) is 0 Å². The first-order chi connectivity index (χ1) is 16.5. The molecular weight excluding hydrogens is 462 g/mol. The van der Waals surface area contributed by atoms with Crippen LogP contribution in [0.3, 0.4) is 0 Å². The molecule has 3 N–H and O–H groups in total. The number of aliphatic hydroxyl groups is 1. The molecule has 3 aromatic rings. The maximum Gasteiger partial charge on any atom is 0.339 e. The van der Waals surface area contributed by atoms with Crippen LogP contribution in [-0.2, 0) is 6.42 Å². The van der Waals surface area contributed by atoms with Crippen molar-refractivity contribution in [3.8, 4) is 16.9 Å². The third-order valence-electron chi connectivity index (χ3n) is 6.48. The van der Waals surface area contributed by atoms with E-state index in [0.717, 1.165) is 48.8 Å². The molecule has 1 fully saturated rings. The summed E-state index contributed by atoms with van der Waals surface area (Å²) < 4.78 is 6.07. The zero-order valence-corrected chi connectivity index (χ0v) is 20.8. The van der Waals surface area contributed by atoms with Crippen molar-refractivity contribution in [1.82, 2.24) is 5.32 Å². The number of ether oxygens (including phenoxy) is 1. The molecule has 0 amide bonds. The van der Waals surface area contributed by atoms with Gasteiger partial charge in [0, 0.05) is 12.6 Å². The highest BCUT2D eigenvalue weighted by molar-refractivity contribution is 5.92. The number of aliphatic hydroxyl groups excluding tert-OH is 1. The minimum absolute atomic E-state index is 0. The zero-order valence-electron chi connectivity index (χ0n) is 20.0. The monoisotopic (exact) mass is 495 g/mol. The lowest BCUT2D eigenvalue weighted by Crippen LogP contribution is -2.32. The highest BCUT2D eigenvalue weighted by atomic mass is 35.5. The normalized spacial score (nSPS) is 15.3. The fourth-order valence-electron chi connectivity index (χ4n) is 4.53. The van der Waals surface area contributed by atoms with Crippen molar-refractivity contribution in [2.45, 2.75) is 57.3 Å². The maximum absolute atomic E-state index is 11.7. The third kappa shape index (κ3) is 7.31. The van der Waals surface area contributed by atoms with Crippen LogP contribution in [0, 0.1) is 0 Å². The van der Waals surface area contributed by atoms with Crippen LogP contribution in [0.1, 0.15) is 60.2 Å². The second-order valence-electron chi connectivity index (χ2n) is 9.18. The van der Waals surface area contributed by atoms with Crippen molar-refractivity contribution in [1.29, 1.82) is 0 Å². The lowest BCUT2D eigenvalue weighted by Gasteiger charge is -2.18. The fraction of sp³-hybridized carbons (Fsp3) is 0.345. The number of aromatic carboxylic acids is 1. The van der Waals surface area contributed by atoms with Crippen LogP contribution in [0.4, 0.5) is 0 Å². The van der Waals surface area contributed by atoms with Crippen LogP contribution in [-0.4, -0.2) is 34.9 Å². The Morgan fingerprint density at radius 1 is 1.00 bits per heavy atom. The van der Waals surface area contributed by atoms with Gasteiger partial charge in [-0.3, -0.25) is 0 Å². The molecule has 0 aromatic heterocycles. The minimum atomic E-state index is -0.964. The first kappa shape index (κ1) is 26.7. The van der Waals surface area contributed by atoms with Crippen LogP contribution in [0.5, 0.6) is 5.75 Å². The summed E-state index contributed by atoms with van der Waals surface area (Å²) in [7, 11) is 0. The maximum atomic E-state index is 11.7. The van der Waals surface area contributed by atoms with Gasteiger partial charge in [0.15, 0.2) is 0 Å². The highest BCUT2D eigenvalue weighted by Crippen LogP contribution is 2.31. The average Bonchev–Trinajstić information content (AvgIpc) is 3.36. The van der Waals surface area contributed by atoms with Gasteiger partial charge in [0.25, 0.3) is 0 Å². The molecule has 0 saturated heterocycles. The van der Waals surface area contributed by atoms with E-state index in [-0.39, 0.29) is 30.1 Å². The Bertz CT molecular complexity index is 1080. The number of halogens is 1. The van der Waals surface area contributed by atoms with Gasteiger partial charge < -0.3 is 20.3 Å². The smallest absolute Gasteiger partial charge is 0.339 e. The van der Waals surface area contributed by atoms with Gasteiger partial charge >= 0.3 is 5.97 Å². The first-order valence-corrected chi connectivity index (χ1v) is 12.1. The Morgan fingerprint density at radius 3 is 2.31 bits per heavy atom. The molecule has 0 radical (unpaired) electrons. The molecule has 1 aliphatic rings. The van der Waals surface area contributed by atoms with E-state index in [1.165, 1.54) is 5.56 Å². The SMILES string of the molecule is C[C@H](Cc1ccc(-c2ccc(C(=O)O)c(OC3CCCC3)c2)cc1)NC[C@H](O)c1ccccc1.Cl. The summed E-state index contributed by atoms with van der Waals surface area (Å²) in [4.78, 5) is 11.7. The van der Waals surface area contributed by atoms with Crippen LogP contribution in [0.15, 0.2) is 72.8 Å². The molecule has 3 aromatic carbocycles. The molecule has 35 heavy (non-hydrogen) atoms. The van der Waals surface area contributed by atoms with E-state index in [1.807, 2.05) is 42.5 Å². The van der Waals surface area contributed by atoms with Crippen LogP contribution in [0.25, 0.3) is 11.1 Å². The first-order valence-electron chi connectivity index (χ1n) is 12.1. The van der Waals surface area contributed by atoms with E-state index in [4.69, 9.17) is 4.74 Å². The van der Waals surface area contributed by atoms with Crippen molar-refractivity contribution in [2.75, 3.05) is 6.54 Å². The fourth-order valence-corrected chi connectivity index (χ4v) is 4.53. The van der Waals surface area contributed by atoms with Crippen molar-refractivity contribution < 1.29 is 19.7 Å². The summed E-state index contributed by atoms with van der Waals surface area (Å²) >= 11 is 0. The molecule has 0 aliphatic heterocycles. The Hall–Kier alpha value is -2.86. The Kier molecular flexibility index (Phi) is 9.73. The van der Waals surface area contributed by atoms with Crippen LogP contribution >= 0.6 is 12.4 Å². The quantitative estimate of drug-likeness (QED) is 0.319. The summed E-state index contributed by atoms with van der Waals surface area (Å²) in [6, 6.07) is 23.6. The van der Waals surface area contributed by atoms with Gasteiger partial charge in [-0.25, -0.2) is 4.79 Å². The number of hydrogen-bond acceptors (Lipinski definition) is 4. The highest BCUT2D eigenvalue weighted by Gasteiger charge is 2.20. The molecule has 1 aliphatic carbocycles. The van der Waals surface area contributed by atoms with Gasteiger partial charge in [0.2, 0.25) is 0 Å². The lowest BCUT2D eigenvalue weighted by molar-refractivity contribution is 0.0689. The molecule has 5 nitrogen and oxygen atoms in total. The summed E-state index contributed by atoms with van der Waals surface area (Å²) in [6.07, 6.45) is 4.64. The number of carbonyl (C=O) groups is 1. The predicted octanol–water partition coefficient (Wildman–Crippen LogP) is 6.05. The van der Waals surface area contributed by atoms with E-state index in [2.05, 4.69) is 36.5 Å². The standard InChI is InChI=1S/C29H33NO4.ClH/c1-20(30-19-27(31)23-7-3-2-4-8-23)17-21-11-13-22(14-12-21)24-15-16-26(29(32)33)28(18-24)34-25-9-5-6-10-25;/h2-4,7-8,11-16,18,20,25,27,30-31H,5-6,9-10,17,19H2,1H3,(H,32,33);1H/t20-,27+;/m1./s1. The number of hydrogen-bond donors (Lipinski definition) is 3. The van der Waals surface area contributed by atoms with Gasteiger partial charge in [-0.2, -0.15) is 0 Å². The van der Waals surface area contributed by atoms with E-state index >= 15 is 0 Å². The van der Waals surface area contributed by atoms with Crippen molar-refractivity contribution in [3.05, 3.63) is 89.5 Å². The molecule has 0 bridgehead atoms. The summed E-state index contributed by atoms with van der Waals surface area (Å²) in [5.41, 5.74) is 4.29. The van der Waals surface area contributed by atoms with Gasteiger partial charge in [0.1, 0.15) is 11.3 Å². The van der Waals surface area contributed by atoms with Crippen LogP contribution < -0.4 is 10.1 Å². The molecule has 0 spiro atoms. The van der Waals surface area contributed by atoms with E-state index in [1.54, 1.807) is 6.07 Å². The second-order valence-corrected chi connectivity index (χ2v) is 9.18. The summed E-state index contributed by atoms with van der Waals surface area (Å²) in [5.74, 6) is -0.510. The molecular formula is C29H34ClNO4. The van der Waals surface area contributed by atoms with Gasteiger partial charge in [-0.05, 0) is 73.4 Å². The Labute approximate surface area is 213 Å². The lowest BCUT2D eigenvalue weighted by atomic mass is 9.99. The zero-order chi connectivity index (χ0) is 23.9. The average molecular weight is 496 g/mol. The Morgan fingerprint density at radius 2 is 1.66 bits per heavy atom. The largest absolute Gasteiger partial charge is 0.490 e. The van der Waals surface area contributed by atoms with Crippen molar-refractivity contribution in [2.24, 2.45) is 0 Å².